The minimum Gasteiger partial charge on any atom is -0.299 e. The van der Waals surface area contributed by atoms with Crippen molar-refractivity contribution in [3.63, 3.8) is 0 Å². The van der Waals surface area contributed by atoms with E-state index in [9.17, 15) is 0 Å². The van der Waals surface area contributed by atoms with E-state index in [2.05, 4.69) is 72.2 Å². The zero-order chi connectivity index (χ0) is 16.4. The molecule has 24 heavy (non-hydrogen) atoms. The van der Waals surface area contributed by atoms with Crippen LogP contribution in [0.3, 0.4) is 0 Å². The molecular formula is C20H18N2S2. The van der Waals surface area contributed by atoms with E-state index in [1.807, 2.05) is 6.07 Å². The Morgan fingerprint density at radius 2 is 1.83 bits per heavy atom. The molecule has 0 bridgehead atoms. The van der Waals surface area contributed by atoms with Crippen LogP contribution < -0.4 is 5.32 Å². The molecule has 0 aliphatic rings. The number of nitrogens with one attached hydrogen (secondary N) is 1. The number of rotatable bonds is 5. The fraction of sp³-hybridized carbons (Fsp3) is 0.150. The molecule has 0 amide bonds. The van der Waals surface area contributed by atoms with E-state index in [0.717, 1.165) is 17.1 Å². The molecule has 0 unspecified atom stereocenters. The van der Waals surface area contributed by atoms with Crippen molar-refractivity contribution in [2.24, 2.45) is 0 Å². The van der Waals surface area contributed by atoms with Crippen molar-refractivity contribution in [1.29, 1.82) is 0 Å². The second kappa shape index (κ2) is 6.85. The van der Waals surface area contributed by atoms with Gasteiger partial charge in [-0.1, -0.05) is 48.0 Å². The highest BCUT2D eigenvalue weighted by Crippen LogP contribution is 2.28. The summed E-state index contributed by atoms with van der Waals surface area (Å²) in [6.45, 7) is 2.90. The van der Waals surface area contributed by atoms with Gasteiger partial charge in [0.25, 0.3) is 0 Å². The molecule has 0 aliphatic carbocycles. The monoisotopic (exact) mass is 350 g/mol. The molecule has 4 rings (SSSR count). The highest BCUT2D eigenvalue weighted by atomic mass is 32.1. The lowest BCUT2D eigenvalue weighted by atomic mass is 10.0. The van der Waals surface area contributed by atoms with Crippen molar-refractivity contribution in [3.8, 4) is 0 Å². The highest BCUT2D eigenvalue weighted by molar-refractivity contribution is 7.18. The number of fused-ring (bicyclic) bond motifs is 1. The molecule has 0 fully saturated rings. The molecule has 2 aromatic heterocycles. The van der Waals surface area contributed by atoms with Gasteiger partial charge in [0.2, 0.25) is 0 Å². The topological polar surface area (TPSA) is 24.9 Å². The Labute approximate surface area is 149 Å². The van der Waals surface area contributed by atoms with Gasteiger partial charge in [0.05, 0.1) is 16.3 Å². The first-order chi connectivity index (χ1) is 11.8. The minimum atomic E-state index is 0.206. The zero-order valence-corrected chi connectivity index (χ0v) is 15.0. The molecule has 2 aromatic carbocycles. The molecule has 0 radical (unpaired) electrons. The van der Waals surface area contributed by atoms with Crippen LogP contribution in [-0.4, -0.2) is 4.98 Å². The Balaban J connectivity index is 1.58. The van der Waals surface area contributed by atoms with Crippen molar-refractivity contribution >= 4 is 32.9 Å². The van der Waals surface area contributed by atoms with Crippen LogP contribution in [0.4, 0.5) is 0 Å². The summed E-state index contributed by atoms with van der Waals surface area (Å²) < 4.78 is 1.25. The van der Waals surface area contributed by atoms with Crippen molar-refractivity contribution < 1.29 is 0 Å². The van der Waals surface area contributed by atoms with Crippen molar-refractivity contribution in [3.05, 3.63) is 87.1 Å². The summed E-state index contributed by atoms with van der Waals surface area (Å²) in [5.74, 6) is 0. The van der Waals surface area contributed by atoms with Crippen molar-refractivity contribution in [1.82, 2.24) is 10.3 Å². The first kappa shape index (κ1) is 15.5. The summed E-state index contributed by atoms with van der Waals surface area (Å²) in [6, 6.07) is 21.6. The van der Waals surface area contributed by atoms with Gasteiger partial charge in [0.15, 0.2) is 0 Å². The Hall–Kier alpha value is -2.01. The first-order valence-electron chi connectivity index (χ1n) is 7.97. The summed E-state index contributed by atoms with van der Waals surface area (Å²) in [5.41, 5.74) is 3.67. The van der Waals surface area contributed by atoms with Crippen LogP contribution in [0, 0.1) is 6.92 Å². The Morgan fingerprint density at radius 3 is 2.58 bits per heavy atom. The lowest BCUT2D eigenvalue weighted by molar-refractivity contribution is 0.612. The Morgan fingerprint density at radius 1 is 1.00 bits per heavy atom. The number of thiazole rings is 1. The van der Waals surface area contributed by atoms with Crippen molar-refractivity contribution in [2.75, 3.05) is 0 Å². The smallest absolute Gasteiger partial charge is 0.108 e. The normalized spacial score (nSPS) is 12.5. The van der Waals surface area contributed by atoms with E-state index >= 15 is 0 Å². The van der Waals surface area contributed by atoms with Crippen LogP contribution in [0.1, 0.15) is 27.1 Å². The molecule has 0 saturated carbocycles. The quantitative estimate of drug-likeness (QED) is 0.511. The Kier molecular flexibility index (Phi) is 4.43. The fourth-order valence-corrected chi connectivity index (χ4v) is 4.53. The van der Waals surface area contributed by atoms with E-state index in [1.54, 1.807) is 22.7 Å². The third kappa shape index (κ3) is 3.26. The maximum absolute atomic E-state index is 4.73. The molecule has 0 saturated heterocycles. The lowest BCUT2D eigenvalue weighted by Crippen LogP contribution is -2.21. The molecule has 120 valence electrons. The van der Waals surface area contributed by atoms with Gasteiger partial charge in [0.1, 0.15) is 5.01 Å². The third-order valence-electron chi connectivity index (χ3n) is 4.03. The van der Waals surface area contributed by atoms with Crippen molar-refractivity contribution in [2.45, 2.75) is 19.5 Å². The van der Waals surface area contributed by atoms with E-state index < -0.39 is 0 Å². The number of aromatic nitrogens is 1. The van der Waals surface area contributed by atoms with Gasteiger partial charge in [-0.15, -0.1) is 22.7 Å². The highest BCUT2D eigenvalue weighted by Gasteiger charge is 2.15. The molecule has 2 nitrogen and oxygen atoms in total. The predicted molar refractivity (Wildman–Crippen MR) is 104 cm³/mol. The standard InChI is InChI=1S/C20H18N2S2/c1-14-8-10-15(11-9-14)20(18-7-4-12-23-18)21-13-19-22-16-5-2-3-6-17(16)24-19/h2-12,20-21H,13H2,1H3/t20-/m1/s1. The largest absolute Gasteiger partial charge is 0.299 e. The predicted octanol–water partition coefficient (Wildman–Crippen LogP) is 5.55. The van der Waals surface area contributed by atoms with Gasteiger partial charge in [-0.05, 0) is 36.1 Å². The molecule has 1 atom stereocenters. The SMILES string of the molecule is Cc1ccc([C@@H](NCc2nc3ccccc3s2)c2cccs2)cc1. The molecule has 1 N–H and O–H groups in total. The maximum atomic E-state index is 4.73. The summed E-state index contributed by atoms with van der Waals surface area (Å²) in [7, 11) is 0. The van der Waals surface area contributed by atoms with Gasteiger partial charge < -0.3 is 0 Å². The van der Waals surface area contributed by atoms with E-state index in [4.69, 9.17) is 4.98 Å². The van der Waals surface area contributed by atoms with Crippen LogP contribution in [0.15, 0.2) is 66.0 Å². The van der Waals surface area contributed by atoms with Crippen LogP contribution in [-0.2, 0) is 6.54 Å². The van der Waals surface area contributed by atoms with Gasteiger partial charge in [-0.2, -0.15) is 0 Å². The van der Waals surface area contributed by atoms with Gasteiger partial charge >= 0.3 is 0 Å². The number of thiophene rings is 1. The molecule has 4 aromatic rings. The average Bonchev–Trinajstić information content (AvgIpc) is 3.26. The minimum absolute atomic E-state index is 0.206. The van der Waals surface area contributed by atoms with Crippen LogP contribution in [0.2, 0.25) is 0 Å². The van der Waals surface area contributed by atoms with Crippen LogP contribution in [0.5, 0.6) is 0 Å². The summed E-state index contributed by atoms with van der Waals surface area (Å²) in [6.07, 6.45) is 0. The second-order valence-electron chi connectivity index (χ2n) is 5.82. The van der Waals surface area contributed by atoms with E-state index in [-0.39, 0.29) is 6.04 Å². The lowest BCUT2D eigenvalue weighted by Gasteiger charge is -2.17. The summed E-state index contributed by atoms with van der Waals surface area (Å²) in [4.78, 5) is 6.07. The number of aryl methyl sites for hydroxylation is 1. The summed E-state index contributed by atoms with van der Waals surface area (Å²) >= 11 is 3.55. The number of hydrogen-bond acceptors (Lipinski definition) is 4. The third-order valence-corrected chi connectivity index (χ3v) is 6.01. The molecule has 0 spiro atoms. The number of nitrogens with zero attached hydrogens (tertiary/aromatic N) is 1. The summed E-state index contributed by atoms with van der Waals surface area (Å²) in [5, 5.41) is 6.96. The van der Waals surface area contributed by atoms with Crippen LogP contribution in [0.25, 0.3) is 10.2 Å². The molecule has 4 heteroatoms. The van der Waals surface area contributed by atoms with Crippen LogP contribution >= 0.6 is 22.7 Å². The fourth-order valence-electron chi connectivity index (χ4n) is 2.78. The molecular weight excluding hydrogens is 332 g/mol. The first-order valence-corrected chi connectivity index (χ1v) is 9.67. The average molecular weight is 351 g/mol. The maximum Gasteiger partial charge on any atom is 0.108 e. The van der Waals surface area contributed by atoms with Gasteiger partial charge in [-0.25, -0.2) is 4.98 Å². The van der Waals surface area contributed by atoms with Gasteiger partial charge in [-0.3, -0.25) is 5.32 Å². The number of para-hydroxylation sites is 1. The zero-order valence-electron chi connectivity index (χ0n) is 13.4. The van der Waals surface area contributed by atoms with Gasteiger partial charge in [0, 0.05) is 11.4 Å². The number of benzene rings is 2. The molecule has 0 aliphatic heterocycles. The second-order valence-corrected chi connectivity index (χ2v) is 7.91. The number of hydrogen-bond donors (Lipinski definition) is 1. The van der Waals surface area contributed by atoms with E-state index in [0.29, 0.717) is 0 Å². The molecule has 2 heterocycles. The Bertz CT molecular complexity index is 891. The van der Waals surface area contributed by atoms with E-state index in [1.165, 1.54) is 20.7 Å².